The number of rotatable bonds is 7. The summed E-state index contributed by atoms with van der Waals surface area (Å²) in [4.78, 5) is 24.0. The second kappa shape index (κ2) is 8.71. The first-order chi connectivity index (χ1) is 13.7. The molecule has 0 radical (unpaired) electrons. The summed E-state index contributed by atoms with van der Waals surface area (Å²) in [5.41, 5.74) is 3.09. The number of halogens is 1. The van der Waals surface area contributed by atoms with Gasteiger partial charge in [-0.3, -0.25) is 9.59 Å². The second-order valence-electron chi connectivity index (χ2n) is 6.74. The number of amides is 1. The average molecular weight is 420 g/mol. The van der Waals surface area contributed by atoms with Gasteiger partial charge in [-0.1, -0.05) is 6.07 Å². The van der Waals surface area contributed by atoms with E-state index in [1.807, 2.05) is 12.1 Å². The molecule has 154 valence electrons. The molecule has 0 heterocycles. The van der Waals surface area contributed by atoms with E-state index < -0.39 is 40.4 Å². The van der Waals surface area contributed by atoms with Crippen molar-refractivity contribution >= 4 is 27.6 Å². The number of benzene rings is 2. The van der Waals surface area contributed by atoms with Crippen LogP contribution in [-0.2, 0) is 37.2 Å². The van der Waals surface area contributed by atoms with Gasteiger partial charge in [0, 0.05) is 5.69 Å². The normalized spacial score (nSPS) is 14.1. The van der Waals surface area contributed by atoms with Crippen molar-refractivity contribution in [1.82, 2.24) is 4.72 Å². The summed E-state index contributed by atoms with van der Waals surface area (Å²) in [7, 11) is -4.00. The van der Waals surface area contributed by atoms with Gasteiger partial charge < -0.3 is 10.1 Å². The van der Waals surface area contributed by atoms with Gasteiger partial charge in [0.2, 0.25) is 10.0 Å². The monoisotopic (exact) mass is 420 g/mol. The van der Waals surface area contributed by atoms with Crippen LogP contribution in [0, 0.1) is 5.82 Å². The van der Waals surface area contributed by atoms with Crippen LogP contribution < -0.4 is 10.0 Å². The zero-order chi connectivity index (χ0) is 21.0. The van der Waals surface area contributed by atoms with Gasteiger partial charge in [0.1, 0.15) is 12.4 Å². The predicted molar refractivity (Wildman–Crippen MR) is 104 cm³/mol. The molecule has 2 aromatic rings. The molecule has 0 saturated carbocycles. The Morgan fingerprint density at radius 2 is 1.79 bits per heavy atom. The van der Waals surface area contributed by atoms with E-state index in [1.54, 1.807) is 6.07 Å². The highest BCUT2D eigenvalue weighted by Gasteiger charge is 2.21. The van der Waals surface area contributed by atoms with Crippen LogP contribution in [-0.4, -0.2) is 32.9 Å². The lowest BCUT2D eigenvalue weighted by atomic mass is 10.1. The van der Waals surface area contributed by atoms with Crippen LogP contribution in [0.15, 0.2) is 47.4 Å². The van der Waals surface area contributed by atoms with Crippen LogP contribution >= 0.6 is 0 Å². The van der Waals surface area contributed by atoms with E-state index in [1.165, 1.54) is 18.1 Å². The number of aryl methyl sites for hydroxylation is 2. The van der Waals surface area contributed by atoms with Crippen molar-refractivity contribution in [3.63, 3.8) is 0 Å². The Balaban J connectivity index is 1.50. The molecule has 0 saturated heterocycles. The lowest BCUT2D eigenvalue weighted by Gasteiger charge is -2.14. The first-order valence-corrected chi connectivity index (χ1v) is 10.6. The van der Waals surface area contributed by atoms with Crippen LogP contribution in [0.4, 0.5) is 10.1 Å². The fourth-order valence-electron chi connectivity index (χ4n) is 3.04. The summed E-state index contributed by atoms with van der Waals surface area (Å²) in [6.45, 7) is 0.741. The van der Waals surface area contributed by atoms with E-state index >= 15 is 0 Å². The molecule has 1 aliphatic rings. The second-order valence-corrected chi connectivity index (χ2v) is 8.50. The Morgan fingerprint density at radius 1 is 1.10 bits per heavy atom. The number of ether oxygens (including phenoxy) is 1. The van der Waals surface area contributed by atoms with E-state index in [2.05, 4.69) is 10.0 Å². The number of esters is 1. The van der Waals surface area contributed by atoms with Gasteiger partial charge in [-0.15, -0.1) is 0 Å². The summed E-state index contributed by atoms with van der Waals surface area (Å²) in [6.07, 6.45) is 1.99. The topological polar surface area (TPSA) is 102 Å². The molecule has 7 nitrogen and oxygen atoms in total. The molecule has 0 spiro atoms. The first-order valence-electron chi connectivity index (χ1n) is 9.12. The molecule has 29 heavy (non-hydrogen) atoms. The van der Waals surface area contributed by atoms with Gasteiger partial charge in [-0.25, -0.2) is 12.8 Å². The molecule has 1 atom stereocenters. The van der Waals surface area contributed by atoms with Gasteiger partial charge in [0.05, 0.1) is 4.90 Å². The lowest BCUT2D eigenvalue weighted by molar-refractivity contribution is -0.151. The fraction of sp³-hybridized carbons (Fsp3) is 0.300. The Labute approximate surface area is 168 Å². The van der Waals surface area contributed by atoms with Crippen molar-refractivity contribution in [2.24, 2.45) is 0 Å². The smallest absolute Gasteiger partial charge is 0.321 e. The number of hydrogen-bond donors (Lipinski definition) is 2. The third-order valence-corrected chi connectivity index (χ3v) is 5.99. The summed E-state index contributed by atoms with van der Waals surface area (Å²) in [6, 6.07) is 9.83. The number of hydrogen-bond acceptors (Lipinski definition) is 5. The number of carbonyl (C=O) groups excluding carboxylic acids is 2. The van der Waals surface area contributed by atoms with Gasteiger partial charge in [0.25, 0.3) is 5.91 Å². The minimum Gasteiger partial charge on any atom is -0.452 e. The third kappa shape index (κ3) is 5.39. The highest BCUT2D eigenvalue weighted by Crippen LogP contribution is 2.25. The maximum Gasteiger partial charge on any atom is 0.321 e. The van der Waals surface area contributed by atoms with Gasteiger partial charge in [-0.2, -0.15) is 4.72 Å². The molecule has 0 aromatic heterocycles. The quantitative estimate of drug-likeness (QED) is 0.669. The Kier molecular flexibility index (Phi) is 6.29. The van der Waals surface area contributed by atoms with Crippen molar-refractivity contribution in [2.75, 3.05) is 11.9 Å². The maximum atomic E-state index is 12.9. The number of fused-ring (bicyclic) bond motifs is 1. The first kappa shape index (κ1) is 20.9. The zero-order valence-corrected chi connectivity index (χ0v) is 16.6. The van der Waals surface area contributed by atoms with Crippen LogP contribution in [0.5, 0.6) is 0 Å². The molecular weight excluding hydrogens is 399 g/mol. The standard InChI is InChI=1S/C20H21FN2O5S/c1-13(20(25)23-17-8-5-14-3-2-4-15(14)11-17)28-19(24)12-22-29(26,27)18-9-6-16(21)7-10-18/h5-11,13,22H,2-4,12H2,1H3,(H,23,25)/t13-/m0/s1. The SMILES string of the molecule is C[C@H](OC(=O)CNS(=O)(=O)c1ccc(F)cc1)C(=O)Nc1ccc2c(c1)CCC2. The van der Waals surface area contributed by atoms with Crippen LogP contribution in [0.2, 0.25) is 0 Å². The van der Waals surface area contributed by atoms with Crippen molar-refractivity contribution in [1.29, 1.82) is 0 Å². The number of nitrogens with one attached hydrogen (secondary N) is 2. The molecule has 0 fully saturated rings. The number of anilines is 1. The minimum absolute atomic E-state index is 0.186. The Morgan fingerprint density at radius 3 is 2.52 bits per heavy atom. The van der Waals surface area contributed by atoms with Crippen LogP contribution in [0.3, 0.4) is 0 Å². The average Bonchev–Trinajstić information content (AvgIpc) is 3.14. The molecule has 9 heteroatoms. The predicted octanol–water partition coefficient (Wildman–Crippen LogP) is 2.16. The summed E-state index contributed by atoms with van der Waals surface area (Å²) >= 11 is 0. The number of carbonyl (C=O) groups is 2. The fourth-order valence-corrected chi connectivity index (χ4v) is 4.01. The van der Waals surface area contributed by atoms with E-state index in [4.69, 9.17) is 4.74 Å². The third-order valence-electron chi connectivity index (χ3n) is 4.57. The zero-order valence-electron chi connectivity index (χ0n) is 15.8. The van der Waals surface area contributed by atoms with E-state index in [0.29, 0.717) is 5.69 Å². The lowest BCUT2D eigenvalue weighted by Crippen LogP contribution is -2.35. The molecule has 3 rings (SSSR count). The number of sulfonamides is 1. The summed E-state index contributed by atoms with van der Waals surface area (Å²) in [5.74, 6) is -2.00. The largest absolute Gasteiger partial charge is 0.452 e. The van der Waals surface area contributed by atoms with Crippen molar-refractivity contribution in [2.45, 2.75) is 37.2 Å². The van der Waals surface area contributed by atoms with Crippen LogP contribution in [0.1, 0.15) is 24.5 Å². The molecule has 2 N–H and O–H groups in total. The van der Waals surface area contributed by atoms with Crippen molar-refractivity contribution in [3.05, 3.63) is 59.4 Å². The Bertz CT molecular complexity index is 1020. The van der Waals surface area contributed by atoms with E-state index in [-0.39, 0.29) is 4.90 Å². The van der Waals surface area contributed by atoms with Gasteiger partial charge in [0.15, 0.2) is 6.10 Å². The molecule has 0 unspecified atom stereocenters. The molecule has 0 aliphatic heterocycles. The summed E-state index contributed by atoms with van der Waals surface area (Å²) in [5, 5.41) is 2.69. The molecular formula is C20H21FN2O5S. The van der Waals surface area contributed by atoms with E-state index in [9.17, 15) is 22.4 Å². The molecule has 1 aliphatic carbocycles. The molecule has 2 aromatic carbocycles. The van der Waals surface area contributed by atoms with Crippen molar-refractivity contribution in [3.8, 4) is 0 Å². The highest BCUT2D eigenvalue weighted by atomic mass is 32.2. The minimum atomic E-state index is -4.00. The summed E-state index contributed by atoms with van der Waals surface area (Å²) < 4.78 is 44.1. The van der Waals surface area contributed by atoms with Crippen molar-refractivity contribution < 1.29 is 27.1 Å². The van der Waals surface area contributed by atoms with E-state index in [0.717, 1.165) is 43.5 Å². The highest BCUT2D eigenvalue weighted by molar-refractivity contribution is 7.89. The molecule has 0 bridgehead atoms. The Hall–Kier alpha value is -2.78. The van der Waals surface area contributed by atoms with Gasteiger partial charge >= 0.3 is 5.97 Å². The maximum absolute atomic E-state index is 12.9. The van der Waals surface area contributed by atoms with Crippen LogP contribution in [0.25, 0.3) is 0 Å². The molecule has 1 amide bonds. The van der Waals surface area contributed by atoms with Gasteiger partial charge in [-0.05, 0) is 73.7 Å².